The minimum Gasteiger partial charge on any atom is -0.321 e. The number of halogens is 2. The van der Waals surface area contributed by atoms with Crippen LogP contribution in [0.4, 0.5) is 19.6 Å². The van der Waals surface area contributed by atoms with Crippen LogP contribution in [0.3, 0.4) is 0 Å². The Morgan fingerprint density at radius 3 is 2.30 bits per heavy atom. The Morgan fingerprint density at radius 2 is 1.67 bits per heavy atom. The lowest BCUT2D eigenvalue weighted by atomic mass is 10.1. The fourth-order valence-electron chi connectivity index (χ4n) is 3.21. The highest BCUT2D eigenvalue weighted by atomic mass is 32.1. The van der Waals surface area contributed by atoms with Crippen LogP contribution in [0.15, 0.2) is 30.3 Å². The van der Waals surface area contributed by atoms with E-state index in [2.05, 4.69) is 15.6 Å². The van der Waals surface area contributed by atoms with E-state index in [9.17, 15) is 18.4 Å². The van der Waals surface area contributed by atoms with Crippen molar-refractivity contribution in [2.75, 3.05) is 10.6 Å². The van der Waals surface area contributed by atoms with Gasteiger partial charge in [0.25, 0.3) is 5.91 Å². The second kappa shape index (κ2) is 8.71. The molecule has 1 heterocycles. The van der Waals surface area contributed by atoms with Crippen LogP contribution in [-0.4, -0.2) is 16.8 Å². The number of nitrogens with zero attached hydrogens (tertiary/aromatic N) is 1. The van der Waals surface area contributed by atoms with Gasteiger partial charge in [0.15, 0.2) is 5.13 Å². The van der Waals surface area contributed by atoms with Crippen molar-refractivity contribution in [3.05, 3.63) is 74.8 Å². The Balaban J connectivity index is 1.72. The third-order valence-electron chi connectivity index (χ3n) is 4.53. The molecule has 156 valence electrons. The molecule has 2 N–H and O–H groups in total. The van der Waals surface area contributed by atoms with Crippen molar-refractivity contribution in [1.29, 1.82) is 0 Å². The summed E-state index contributed by atoms with van der Waals surface area (Å²) >= 11 is 1.04. The van der Waals surface area contributed by atoms with Gasteiger partial charge in [-0.2, -0.15) is 0 Å². The van der Waals surface area contributed by atoms with Gasteiger partial charge in [0, 0.05) is 11.8 Å². The molecule has 1 aromatic heterocycles. The predicted octanol–water partition coefficient (Wildman–Crippen LogP) is 5.09. The Labute approximate surface area is 177 Å². The quantitative estimate of drug-likeness (QED) is 0.594. The van der Waals surface area contributed by atoms with Crippen molar-refractivity contribution >= 4 is 34.0 Å². The maximum Gasteiger partial charge on any atom is 0.267 e. The molecule has 0 aliphatic rings. The van der Waals surface area contributed by atoms with Gasteiger partial charge in [-0.3, -0.25) is 9.59 Å². The van der Waals surface area contributed by atoms with Gasteiger partial charge in [-0.15, -0.1) is 0 Å². The summed E-state index contributed by atoms with van der Waals surface area (Å²) in [6.45, 7) is 7.52. The Bertz CT molecular complexity index is 1120. The zero-order chi connectivity index (χ0) is 22.0. The van der Waals surface area contributed by atoms with Gasteiger partial charge in [0.05, 0.1) is 12.1 Å². The molecule has 2 amide bonds. The zero-order valence-electron chi connectivity index (χ0n) is 17.0. The summed E-state index contributed by atoms with van der Waals surface area (Å²) in [5, 5.41) is 5.72. The van der Waals surface area contributed by atoms with Gasteiger partial charge in [-0.1, -0.05) is 35.1 Å². The fraction of sp³-hybridized carbons (Fsp3) is 0.227. The maximum absolute atomic E-state index is 13.7. The van der Waals surface area contributed by atoms with E-state index in [1.54, 1.807) is 6.92 Å². The van der Waals surface area contributed by atoms with Crippen LogP contribution in [-0.2, 0) is 11.2 Å². The second-order valence-corrected chi connectivity index (χ2v) is 8.12. The highest BCUT2D eigenvalue weighted by Crippen LogP contribution is 2.27. The molecule has 0 saturated carbocycles. The maximum atomic E-state index is 13.7. The molecule has 0 radical (unpaired) electrons. The van der Waals surface area contributed by atoms with E-state index in [0.29, 0.717) is 10.6 Å². The number of hydrogen-bond donors (Lipinski definition) is 2. The van der Waals surface area contributed by atoms with E-state index in [1.165, 1.54) is 6.07 Å². The molecule has 5 nitrogen and oxygen atoms in total. The lowest BCUT2D eigenvalue weighted by molar-refractivity contribution is -0.115. The van der Waals surface area contributed by atoms with Gasteiger partial charge >= 0.3 is 0 Å². The van der Waals surface area contributed by atoms with E-state index in [1.807, 2.05) is 32.9 Å². The number of carbonyl (C=O) groups is 2. The standard InChI is InChI=1S/C22H21F2N3O2S/c1-11-7-12(2)19(13(3)8-11)27-21(29)20-14(4)25-22(30-20)26-18(28)9-15-5-6-16(23)10-17(15)24/h5-8,10H,9H2,1-4H3,(H,27,29)(H,25,26,28). The molecule has 0 unspecified atom stereocenters. The molecule has 30 heavy (non-hydrogen) atoms. The first-order valence-electron chi connectivity index (χ1n) is 9.24. The summed E-state index contributed by atoms with van der Waals surface area (Å²) in [6, 6.07) is 7.03. The third kappa shape index (κ3) is 4.88. The van der Waals surface area contributed by atoms with Crippen molar-refractivity contribution in [2.24, 2.45) is 0 Å². The highest BCUT2D eigenvalue weighted by molar-refractivity contribution is 7.17. The van der Waals surface area contributed by atoms with Crippen molar-refractivity contribution in [2.45, 2.75) is 34.1 Å². The van der Waals surface area contributed by atoms with Crippen molar-refractivity contribution in [3.63, 3.8) is 0 Å². The molecule has 8 heteroatoms. The van der Waals surface area contributed by atoms with Crippen molar-refractivity contribution in [1.82, 2.24) is 4.98 Å². The summed E-state index contributed by atoms with van der Waals surface area (Å²) in [4.78, 5) is 29.6. The summed E-state index contributed by atoms with van der Waals surface area (Å²) in [5.41, 5.74) is 4.32. The topological polar surface area (TPSA) is 71.1 Å². The fourth-order valence-corrected chi connectivity index (χ4v) is 4.09. The molecule has 3 rings (SSSR count). The number of amides is 2. The molecule has 0 saturated heterocycles. The number of anilines is 2. The number of aryl methyl sites for hydroxylation is 4. The molecular weight excluding hydrogens is 408 g/mol. The largest absolute Gasteiger partial charge is 0.321 e. The molecule has 0 fully saturated rings. The number of rotatable bonds is 5. The molecule has 0 aliphatic carbocycles. The van der Waals surface area contributed by atoms with Gasteiger partial charge in [-0.05, 0) is 50.5 Å². The number of thiazole rings is 1. The molecule has 0 aliphatic heterocycles. The lowest BCUT2D eigenvalue weighted by Gasteiger charge is -2.12. The van der Waals surface area contributed by atoms with Gasteiger partial charge in [0.2, 0.25) is 5.91 Å². The van der Waals surface area contributed by atoms with Crippen LogP contribution in [0.25, 0.3) is 0 Å². The van der Waals surface area contributed by atoms with E-state index in [0.717, 1.165) is 45.8 Å². The monoisotopic (exact) mass is 429 g/mol. The van der Waals surface area contributed by atoms with Crippen LogP contribution in [0.2, 0.25) is 0 Å². The molecular formula is C22H21F2N3O2S. The highest BCUT2D eigenvalue weighted by Gasteiger charge is 2.19. The number of aromatic nitrogens is 1. The predicted molar refractivity (Wildman–Crippen MR) is 114 cm³/mol. The Kier molecular flexibility index (Phi) is 6.26. The van der Waals surface area contributed by atoms with E-state index in [-0.39, 0.29) is 23.0 Å². The normalized spacial score (nSPS) is 10.7. The SMILES string of the molecule is Cc1cc(C)c(NC(=O)c2sc(NC(=O)Cc3ccc(F)cc3F)nc2C)c(C)c1. The first kappa shape index (κ1) is 21.6. The van der Waals surface area contributed by atoms with Crippen LogP contribution < -0.4 is 10.6 Å². The zero-order valence-corrected chi connectivity index (χ0v) is 17.8. The van der Waals surface area contributed by atoms with E-state index in [4.69, 9.17) is 0 Å². The minimum atomic E-state index is -0.788. The molecule has 0 atom stereocenters. The van der Waals surface area contributed by atoms with Gasteiger partial charge in [0.1, 0.15) is 16.5 Å². The first-order valence-corrected chi connectivity index (χ1v) is 10.1. The van der Waals surface area contributed by atoms with Crippen LogP contribution in [0.5, 0.6) is 0 Å². The number of hydrogen-bond acceptors (Lipinski definition) is 4. The third-order valence-corrected chi connectivity index (χ3v) is 5.60. The molecule has 2 aromatic carbocycles. The Morgan fingerprint density at radius 1 is 1.00 bits per heavy atom. The lowest BCUT2D eigenvalue weighted by Crippen LogP contribution is -2.15. The van der Waals surface area contributed by atoms with Crippen molar-refractivity contribution < 1.29 is 18.4 Å². The number of benzene rings is 2. The second-order valence-electron chi connectivity index (χ2n) is 7.12. The Hall–Kier alpha value is -3.13. The number of nitrogens with one attached hydrogen (secondary N) is 2. The van der Waals surface area contributed by atoms with Crippen molar-refractivity contribution in [3.8, 4) is 0 Å². The minimum absolute atomic E-state index is 0.0745. The molecule has 0 bridgehead atoms. The van der Waals surface area contributed by atoms with Crippen LogP contribution >= 0.6 is 11.3 Å². The molecule has 3 aromatic rings. The summed E-state index contributed by atoms with van der Waals surface area (Å²) in [7, 11) is 0. The summed E-state index contributed by atoms with van der Waals surface area (Å²) in [5.74, 6) is -2.32. The van der Waals surface area contributed by atoms with Crippen LogP contribution in [0.1, 0.15) is 37.6 Å². The summed E-state index contributed by atoms with van der Waals surface area (Å²) < 4.78 is 26.7. The average molecular weight is 429 g/mol. The molecule has 0 spiro atoms. The average Bonchev–Trinajstić information content (AvgIpc) is 3.00. The smallest absolute Gasteiger partial charge is 0.267 e. The first-order chi connectivity index (χ1) is 14.1. The number of carbonyl (C=O) groups excluding carboxylic acids is 2. The van der Waals surface area contributed by atoms with Gasteiger partial charge < -0.3 is 10.6 Å². The van der Waals surface area contributed by atoms with E-state index < -0.39 is 17.5 Å². The summed E-state index contributed by atoms with van der Waals surface area (Å²) in [6.07, 6.45) is -0.270. The van der Waals surface area contributed by atoms with Crippen LogP contribution in [0, 0.1) is 39.3 Å². The van der Waals surface area contributed by atoms with Gasteiger partial charge in [-0.25, -0.2) is 13.8 Å². The van der Waals surface area contributed by atoms with E-state index >= 15 is 0 Å².